The second kappa shape index (κ2) is 8.20. The van der Waals surface area contributed by atoms with Crippen LogP contribution in [0.2, 0.25) is 0 Å². The van der Waals surface area contributed by atoms with Crippen molar-refractivity contribution in [3.05, 3.63) is 66.5 Å². The Hall–Kier alpha value is -3.89. The van der Waals surface area contributed by atoms with Crippen LogP contribution in [0.4, 0.5) is 13.2 Å². The van der Waals surface area contributed by atoms with Crippen molar-refractivity contribution in [2.45, 2.75) is 6.36 Å². The van der Waals surface area contributed by atoms with Gasteiger partial charge in [0.2, 0.25) is 5.88 Å². The van der Waals surface area contributed by atoms with Crippen molar-refractivity contribution in [1.29, 1.82) is 0 Å². The summed E-state index contributed by atoms with van der Waals surface area (Å²) >= 11 is 0. The van der Waals surface area contributed by atoms with Gasteiger partial charge in [-0.05, 0) is 23.8 Å². The van der Waals surface area contributed by atoms with Crippen molar-refractivity contribution in [2.75, 3.05) is 0 Å². The maximum Gasteiger partial charge on any atom is 0.574 e. The molecular weight excluding hydrogens is 377 g/mol. The van der Waals surface area contributed by atoms with Gasteiger partial charge in [-0.25, -0.2) is 15.4 Å². The Kier molecular flexibility index (Phi) is 5.53. The van der Waals surface area contributed by atoms with E-state index in [9.17, 15) is 18.0 Å². The number of hydrogen-bond acceptors (Lipinski definition) is 7. The van der Waals surface area contributed by atoms with Crippen LogP contribution < -0.4 is 10.2 Å². The molecule has 142 valence electrons. The van der Waals surface area contributed by atoms with Crippen molar-refractivity contribution in [3.63, 3.8) is 0 Å². The minimum atomic E-state index is -4.83. The summed E-state index contributed by atoms with van der Waals surface area (Å²) in [5, 5.41) is 3.81. The molecule has 0 aromatic carbocycles. The summed E-state index contributed by atoms with van der Waals surface area (Å²) < 4.78 is 40.2. The summed E-state index contributed by atoms with van der Waals surface area (Å²) in [6.45, 7) is 0. The zero-order valence-corrected chi connectivity index (χ0v) is 14.0. The molecule has 0 aliphatic carbocycles. The van der Waals surface area contributed by atoms with E-state index in [2.05, 4.69) is 35.2 Å². The quantitative estimate of drug-likeness (QED) is 0.532. The van der Waals surface area contributed by atoms with Gasteiger partial charge in [0, 0.05) is 30.2 Å². The first-order valence-electron chi connectivity index (χ1n) is 7.68. The van der Waals surface area contributed by atoms with E-state index in [4.69, 9.17) is 0 Å². The molecule has 0 radical (unpaired) electrons. The zero-order chi connectivity index (χ0) is 20.0. The first-order chi connectivity index (χ1) is 13.4. The monoisotopic (exact) mass is 388 g/mol. The maximum absolute atomic E-state index is 12.2. The normalized spacial score (nSPS) is 11.4. The maximum atomic E-state index is 12.2. The van der Waals surface area contributed by atoms with E-state index in [0.717, 1.165) is 17.8 Å². The van der Waals surface area contributed by atoms with E-state index >= 15 is 0 Å². The number of amides is 1. The third-order valence-corrected chi connectivity index (χ3v) is 3.21. The lowest BCUT2D eigenvalue weighted by atomic mass is 10.2. The van der Waals surface area contributed by atoms with Crippen molar-refractivity contribution < 1.29 is 22.7 Å². The highest BCUT2D eigenvalue weighted by molar-refractivity contribution is 5.93. The molecule has 0 unspecified atom stereocenters. The first-order valence-corrected chi connectivity index (χ1v) is 7.68. The molecule has 0 spiro atoms. The second-order valence-electron chi connectivity index (χ2n) is 5.20. The molecule has 28 heavy (non-hydrogen) atoms. The molecule has 0 aliphatic heterocycles. The number of alkyl halides is 3. The molecule has 0 saturated heterocycles. The van der Waals surface area contributed by atoms with Gasteiger partial charge in [-0.2, -0.15) is 5.10 Å². The van der Waals surface area contributed by atoms with Crippen LogP contribution in [0.3, 0.4) is 0 Å². The highest BCUT2D eigenvalue weighted by atomic mass is 19.4. The van der Waals surface area contributed by atoms with Crippen molar-refractivity contribution in [2.24, 2.45) is 5.10 Å². The van der Waals surface area contributed by atoms with E-state index < -0.39 is 18.1 Å². The molecule has 1 N–H and O–H groups in total. The van der Waals surface area contributed by atoms with Crippen molar-refractivity contribution in [3.8, 4) is 17.1 Å². The van der Waals surface area contributed by atoms with E-state index in [1.54, 1.807) is 24.5 Å². The summed E-state index contributed by atoms with van der Waals surface area (Å²) in [7, 11) is 0. The lowest BCUT2D eigenvalue weighted by Crippen LogP contribution is -2.19. The summed E-state index contributed by atoms with van der Waals surface area (Å²) in [6.07, 6.45) is 3.47. The van der Waals surface area contributed by atoms with E-state index in [1.165, 1.54) is 24.7 Å². The number of pyridine rings is 2. The Labute approximate surface area is 156 Å². The van der Waals surface area contributed by atoms with Crippen molar-refractivity contribution in [1.82, 2.24) is 25.4 Å². The van der Waals surface area contributed by atoms with E-state index in [0.29, 0.717) is 5.56 Å². The average Bonchev–Trinajstić information content (AvgIpc) is 2.68. The molecule has 0 aliphatic rings. The Balaban J connectivity index is 1.69. The molecule has 8 nitrogen and oxygen atoms in total. The third kappa shape index (κ3) is 5.30. The topological polar surface area (TPSA) is 102 Å². The molecule has 3 rings (SSSR count). The van der Waals surface area contributed by atoms with Gasteiger partial charge in [0.1, 0.15) is 5.69 Å². The lowest BCUT2D eigenvalue weighted by molar-refractivity contribution is -0.276. The van der Waals surface area contributed by atoms with Crippen LogP contribution in [0.1, 0.15) is 16.1 Å². The van der Waals surface area contributed by atoms with Crippen LogP contribution in [-0.4, -0.2) is 38.4 Å². The molecule has 3 heterocycles. The van der Waals surface area contributed by atoms with Gasteiger partial charge >= 0.3 is 6.36 Å². The van der Waals surface area contributed by atoms with Crippen LogP contribution in [0.15, 0.2) is 60.4 Å². The summed E-state index contributed by atoms with van der Waals surface area (Å²) in [5.74, 6) is -1.21. The molecule has 0 bridgehead atoms. The molecule has 0 atom stereocenters. The fourth-order valence-electron chi connectivity index (χ4n) is 2.00. The number of nitrogens with one attached hydrogen (secondary N) is 1. The van der Waals surface area contributed by atoms with E-state index in [1.807, 2.05) is 0 Å². The molecule has 0 fully saturated rings. The number of rotatable bonds is 5. The second-order valence-corrected chi connectivity index (χ2v) is 5.20. The number of aromatic nitrogens is 4. The Morgan fingerprint density at radius 3 is 2.54 bits per heavy atom. The fraction of sp³-hybridized carbons (Fsp3) is 0.0588. The Bertz CT molecular complexity index is 978. The highest BCUT2D eigenvalue weighted by Gasteiger charge is 2.31. The van der Waals surface area contributed by atoms with Gasteiger partial charge in [-0.15, -0.1) is 13.2 Å². The van der Waals surface area contributed by atoms with Gasteiger partial charge in [-0.1, -0.05) is 0 Å². The Morgan fingerprint density at radius 1 is 1.07 bits per heavy atom. The van der Waals surface area contributed by atoms with Crippen LogP contribution in [0.5, 0.6) is 5.88 Å². The molecule has 3 aromatic rings. The van der Waals surface area contributed by atoms with Crippen LogP contribution in [-0.2, 0) is 0 Å². The number of carbonyl (C=O) groups excluding carboxylic acids is 1. The van der Waals surface area contributed by atoms with Gasteiger partial charge in [0.25, 0.3) is 5.91 Å². The smallest absolute Gasteiger partial charge is 0.388 e. The summed E-state index contributed by atoms with van der Waals surface area (Å²) in [6, 6.07) is 5.77. The fourth-order valence-corrected chi connectivity index (χ4v) is 2.00. The van der Waals surface area contributed by atoms with Crippen LogP contribution in [0, 0.1) is 0 Å². The van der Waals surface area contributed by atoms with E-state index in [-0.39, 0.29) is 11.4 Å². The summed E-state index contributed by atoms with van der Waals surface area (Å²) in [4.78, 5) is 27.6. The van der Waals surface area contributed by atoms with Gasteiger partial charge in [-0.3, -0.25) is 14.8 Å². The molecule has 0 saturated carbocycles. The Morgan fingerprint density at radius 2 is 1.86 bits per heavy atom. The number of halogens is 3. The minimum absolute atomic E-state index is 0.0278. The standard InChI is InChI=1S/C17H11F3N6O2/c18-17(19,20)28-15-2-1-12(8-23-15)13-9-22-10-14(25-13)16(27)26-24-7-11-3-5-21-6-4-11/h1-10H,(H,26,27)/b24-7+. The van der Waals surface area contributed by atoms with Crippen LogP contribution in [0.25, 0.3) is 11.3 Å². The molecular formula is C17H11F3N6O2. The summed E-state index contributed by atoms with van der Waals surface area (Å²) in [5.41, 5.74) is 3.62. The van der Waals surface area contributed by atoms with Crippen molar-refractivity contribution >= 4 is 12.1 Å². The van der Waals surface area contributed by atoms with Crippen LogP contribution >= 0.6 is 0 Å². The number of hydrazone groups is 1. The number of hydrogen-bond donors (Lipinski definition) is 1. The predicted octanol–water partition coefficient (Wildman–Crippen LogP) is 2.60. The average molecular weight is 388 g/mol. The van der Waals surface area contributed by atoms with Gasteiger partial charge < -0.3 is 4.74 Å². The number of ether oxygens (including phenoxy) is 1. The minimum Gasteiger partial charge on any atom is -0.388 e. The molecule has 11 heteroatoms. The molecule has 3 aromatic heterocycles. The first kappa shape index (κ1) is 18.9. The predicted molar refractivity (Wildman–Crippen MR) is 91.2 cm³/mol. The molecule has 1 amide bonds. The largest absolute Gasteiger partial charge is 0.574 e. The van der Waals surface area contributed by atoms with Gasteiger partial charge in [0.05, 0.1) is 24.3 Å². The number of nitrogens with zero attached hydrogens (tertiary/aromatic N) is 5. The highest BCUT2D eigenvalue weighted by Crippen LogP contribution is 2.23. The third-order valence-electron chi connectivity index (χ3n) is 3.21. The zero-order valence-electron chi connectivity index (χ0n) is 14.0. The van der Waals surface area contributed by atoms with Gasteiger partial charge in [0.15, 0.2) is 0 Å². The lowest BCUT2D eigenvalue weighted by Gasteiger charge is -2.08. The number of carbonyl (C=O) groups is 1. The SMILES string of the molecule is O=C(N/N=C/c1ccncc1)c1cncc(-c2ccc(OC(F)(F)F)nc2)n1.